The lowest BCUT2D eigenvalue weighted by atomic mass is 10.2. The number of halogens is 2. The highest BCUT2D eigenvalue weighted by molar-refractivity contribution is 6.00. The summed E-state index contributed by atoms with van der Waals surface area (Å²) in [4.78, 5) is 11.6. The number of anilines is 1. The minimum absolute atomic E-state index is 0.0480. The second kappa shape index (κ2) is 4.29. The zero-order valence-electron chi connectivity index (χ0n) is 8.95. The van der Waals surface area contributed by atoms with Gasteiger partial charge in [-0.25, -0.2) is 0 Å². The molecule has 1 aliphatic carbocycles. The van der Waals surface area contributed by atoms with E-state index >= 15 is 0 Å². The second-order valence-electron chi connectivity index (χ2n) is 4.01. The van der Waals surface area contributed by atoms with E-state index in [0.29, 0.717) is 18.5 Å². The van der Waals surface area contributed by atoms with Crippen molar-refractivity contribution in [2.45, 2.75) is 25.0 Å². The first-order valence-corrected chi connectivity index (χ1v) is 5.15. The standard InChI is InChI=1S/C11H12F2N2O2/c12-10(13)17-8-3-1-7(2-4-8)15-9(16)11(14)5-6-11/h1-4,10H,5-6,14H2,(H,15,16). The molecule has 2 rings (SSSR count). The van der Waals surface area contributed by atoms with Crippen LogP contribution in [-0.2, 0) is 4.79 Å². The van der Waals surface area contributed by atoms with Crippen LogP contribution in [0.1, 0.15) is 12.8 Å². The minimum Gasteiger partial charge on any atom is -0.435 e. The van der Waals surface area contributed by atoms with Gasteiger partial charge in [-0.05, 0) is 37.1 Å². The summed E-state index contributed by atoms with van der Waals surface area (Å²) in [6.45, 7) is -2.85. The molecule has 1 fully saturated rings. The summed E-state index contributed by atoms with van der Waals surface area (Å²) in [6.07, 6.45) is 1.34. The molecular weight excluding hydrogens is 230 g/mol. The van der Waals surface area contributed by atoms with E-state index in [-0.39, 0.29) is 11.7 Å². The van der Waals surface area contributed by atoms with Crippen LogP contribution in [-0.4, -0.2) is 18.1 Å². The molecule has 1 aliphatic rings. The molecule has 0 unspecified atom stereocenters. The average molecular weight is 242 g/mol. The lowest BCUT2D eigenvalue weighted by molar-refractivity contribution is -0.118. The fourth-order valence-electron chi connectivity index (χ4n) is 1.34. The highest BCUT2D eigenvalue weighted by atomic mass is 19.3. The van der Waals surface area contributed by atoms with Gasteiger partial charge in [0.2, 0.25) is 5.91 Å². The average Bonchev–Trinajstić information content (AvgIpc) is 3.00. The number of carbonyl (C=O) groups excluding carboxylic acids is 1. The molecule has 0 aromatic heterocycles. The Morgan fingerprint density at radius 3 is 2.41 bits per heavy atom. The molecule has 1 aromatic carbocycles. The lowest BCUT2D eigenvalue weighted by Gasteiger charge is -2.10. The second-order valence-corrected chi connectivity index (χ2v) is 4.01. The first-order valence-electron chi connectivity index (χ1n) is 5.15. The molecule has 0 spiro atoms. The van der Waals surface area contributed by atoms with E-state index in [2.05, 4.69) is 10.1 Å². The summed E-state index contributed by atoms with van der Waals surface area (Å²) in [5, 5.41) is 2.62. The molecule has 0 aliphatic heterocycles. The molecule has 3 N–H and O–H groups in total. The number of nitrogens with one attached hydrogen (secondary N) is 1. The van der Waals surface area contributed by atoms with Crippen LogP contribution >= 0.6 is 0 Å². The third-order valence-electron chi connectivity index (χ3n) is 2.58. The number of benzene rings is 1. The van der Waals surface area contributed by atoms with Crippen molar-refractivity contribution in [3.8, 4) is 5.75 Å². The van der Waals surface area contributed by atoms with Gasteiger partial charge in [0.1, 0.15) is 5.75 Å². The number of amides is 1. The molecule has 6 heteroatoms. The molecule has 17 heavy (non-hydrogen) atoms. The quantitative estimate of drug-likeness (QED) is 0.844. The van der Waals surface area contributed by atoms with Gasteiger partial charge in [0.25, 0.3) is 0 Å². The van der Waals surface area contributed by atoms with Crippen LogP contribution in [0.2, 0.25) is 0 Å². The molecule has 0 heterocycles. The molecule has 92 valence electrons. The first kappa shape index (κ1) is 11.8. The predicted octanol–water partition coefficient (Wildman–Crippen LogP) is 1.72. The van der Waals surface area contributed by atoms with Crippen molar-refractivity contribution in [3.63, 3.8) is 0 Å². The van der Waals surface area contributed by atoms with Gasteiger partial charge in [0.15, 0.2) is 0 Å². The van der Waals surface area contributed by atoms with Crippen molar-refractivity contribution in [3.05, 3.63) is 24.3 Å². The number of rotatable bonds is 4. The molecule has 1 aromatic rings. The SMILES string of the molecule is NC1(C(=O)Nc2ccc(OC(F)F)cc2)CC1. The molecule has 1 saturated carbocycles. The van der Waals surface area contributed by atoms with E-state index in [1.165, 1.54) is 24.3 Å². The Morgan fingerprint density at radius 2 is 1.94 bits per heavy atom. The van der Waals surface area contributed by atoms with Crippen molar-refractivity contribution in [2.24, 2.45) is 5.73 Å². The molecule has 0 bridgehead atoms. The van der Waals surface area contributed by atoms with Gasteiger partial charge in [0, 0.05) is 5.69 Å². The number of carbonyl (C=O) groups is 1. The van der Waals surface area contributed by atoms with E-state index in [1.807, 2.05) is 0 Å². The first-order chi connectivity index (χ1) is 7.99. The van der Waals surface area contributed by atoms with E-state index in [4.69, 9.17) is 5.73 Å². The van der Waals surface area contributed by atoms with E-state index in [1.54, 1.807) is 0 Å². The van der Waals surface area contributed by atoms with Gasteiger partial charge in [-0.2, -0.15) is 8.78 Å². The molecule has 1 amide bonds. The Bertz CT molecular complexity index is 416. The number of hydrogen-bond acceptors (Lipinski definition) is 3. The maximum Gasteiger partial charge on any atom is 0.387 e. The number of nitrogens with two attached hydrogens (primary N) is 1. The fourth-order valence-corrected chi connectivity index (χ4v) is 1.34. The molecular formula is C11H12F2N2O2. The van der Waals surface area contributed by atoms with Crippen LogP contribution in [0.15, 0.2) is 24.3 Å². The van der Waals surface area contributed by atoms with E-state index in [0.717, 1.165) is 0 Å². The van der Waals surface area contributed by atoms with Crippen molar-refractivity contribution < 1.29 is 18.3 Å². The topological polar surface area (TPSA) is 64.4 Å². The zero-order chi connectivity index (χ0) is 12.5. The van der Waals surface area contributed by atoms with Crippen LogP contribution in [0.4, 0.5) is 14.5 Å². The van der Waals surface area contributed by atoms with Gasteiger partial charge in [-0.1, -0.05) is 0 Å². The summed E-state index contributed by atoms with van der Waals surface area (Å²) in [7, 11) is 0. The summed E-state index contributed by atoms with van der Waals surface area (Å²) in [6, 6.07) is 5.69. The van der Waals surface area contributed by atoms with E-state index in [9.17, 15) is 13.6 Å². The smallest absolute Gasteiger partial charge is 0.387 e. The van der Waals surface area contributed by atoms with Crippen LogP contribution in [0.25, 0.3) is 0 Å². The van der Waals surface area contributed by atoms with Crippen molar-refractivity contribution in [1.82, 2.24) is 0 Å². The Kier molecular flexibility index (Phi) is 2.97. The van der Waals surface area contributed by atoms with Crippen LogP contribution in [0.5, 0.6) is 5.75 Å². The van der Waals surface area contributed by atoms with Crippen molar-refractivity contribution >= 4 is 11.6 Å². The monoisotopic (exact) mass is 242 g/mol. The van der Waals surface area contributed by atoms with Crippen molar-refractivity contribution in [2.75, 3.05) is 5.32 Å². The Morgan fingerprint density at radius 1 is 1.35 bits per heavy atom. The summed E-state index contributed by atoms with van der Waals surface area (Å²) in [5.41, 5.74) is 5.45. The Hall–Kier alpha value is -1.69. The normalized spacial score (nSPS) is 16.7. The summed E-state index contributed by atoms with van der Waals surface area (Å²) < 4.78 is 28.0. The summed E-state index contributed by atoms with van der Waals surface area (Å²) >= 11 is 0. The van der Waals surface area contributed by atoms with Gasteiger partial charge in [0.05, 0.1) is 5.54 Å². The fraction of sp³-hybridized carbons (Fsp3) is 0.364. The van der Waals surface area contributed by atoms with Gasteiger partial charge in [-0.15, -0.1) is 0 Å². The van der Waals surface area contributed by atoms with Gasteiger partial charge < -0.3 is 15.8 Å². The largest absolute Gasteiger partial charge is 0.435 e. The van der Waals surface area contributed by atoms with Crippen LogP contribution < -0.4 is 15.8 Å². The maximum absolute atomic E-state index is 11.9. The van der Waals surface area contributed by atoms with Gasteiger partial charge in [-0.3, -0.25) is 4.79 Å². The summed E-state index contributed by atoms with van der Waals surface area (Å²) in [5.74, 6) is -0.202. The molecule has 0 atom stereocenters. The zero-order valence-corrected chi connectivity index (χ0v) is 8.95. The minimum atomic E-state index is -2.85. The number of alkyl halides is 2. The Labute approximate surface area is 96.7 Å². The van der Waals surface area contributed by atoms with Crippen LogP contribution in [0.3, 0.4) is 0 Å². The highest BCUT2D eigenvalue weighted by Crippen LogP contribution is 2.33. The third kappa shape index (κ3) is 2.91. The van der Waals surface area contributed by atoms with Gasteiger partial charge >= 0.3 is 6.61 Å². The Balaban J connectivity index is 1.96. The number of ether oxygens (including phenoxy) is 1. The predicted molar refractivity (Wildman–Crippen MR) is 57.9 cm³/mol. The highest BCUT2D eigenvalue weighted by Gasteiger charge is 2.45. The van der Waals surface area contributed by atoms with Crippen LogP contribution in [0, 0.1) is 0 Å². The van der Waals surface area contributed by atoms with Crippen molar-refractivity contribution in [1.29, 1.82) is 0 Å². The molecule has 4 nitrogen and oxygen atoms in total. The lowest BCUT2D eigenvalue weighted by Crippen LogP contribution is -2.37. The molecule has 0 saturated heterocycles. The molecule has 0 radical (unpaired) electrons. The van der Waals surface area contributed by atoms with E-state index < -0.39 is 12.2 Å². The maximum atomic E-state index is 11.9. The number of hydrogen-bond donors (Lipinski definition) is 2. The third-order valence-corrected chi connectivity index (χ3v) is 2.58.